The maximum absolute atomic E-state index is 5.62. The number of nitrogens with zero attached hydrogens (tertiary/aromatic N) is 2. The summed E-state index contributed by atoms with van der Waals surface area (Å²) in [6.45, 7) is 4.14. The molecule has 1 atom stereocenters. The van der Waals surface area contributed by atoms with Crippen LogP contribution >= 0.6 is 11.3 Å². The topological polar surface area (TPSA) is 63.8 Å². The van der Waals surface area contributed by atoms with Crippen LogP contribution in [0.1, 0.15) is 21.1 Å². The highest BCUT2D eigenvalue weighted by atomic mass is 32.1. The molecule has 0 aliphatic heterocycles. The summed E-state index contributed by atoms with van der Waals surface area (Å²) in [6, 6.07) is 4.20. The van der Waals surface area contributed by atoms with Gasteiger partial charge in [-0.25, -0.2) is 4.98 Å². The smallest absolute Gasteiger partial charge is 0.0947 e. The summed E-state index contributed by atoms with van der Waals surface area (Å²) in [4.78, 5) is 9.94. The van der Waals surface area contributed by atoms with E-state index in [0.717, 1.165) is 23.5 Å². The minimum absolute atomic E-state index is 0.194. The molecule has 0 aliphatic rings. The van der Waals surface area contributed by atoms with Crippen molar-refractivity contribution in [1.82, 2.24) is 15.4 Å². The van der Waals surface area contributed by atoms with E-state index in [0.29, 0.717) is 0 Å². The third-order valence-electron chi connectivity index (χ3n) is 2.93. The lowest BCUT2D eigenvalue weighted by Gasteiger charge is -2.14. The molecular weight excluding hydrogens is 244 g/mol. The Morgan fingerprint density at radius 2 is 2.22 bits per heavy atom. The quantitative estimate of drug-likeness (QED) is 0.637. The molecule has 96 valence electrons. The van der Waals surface area contributed by atoms with Gasteiger partial charge < -0.3 is 0 Å². The van der Waals surface area contributed by atoms with Crippen LogP contribution in [0.25, 0.3) is 0 Å². The Labute approximate surface area is 111 Å². The molecular formula is C13H18N4S. The highest BCUT2D eigenvalue weighted by molar-refractivity contribution is 7.11. The third-order valence-corrected chi connectivity index (χ3v) is 4.03. The van der Waals surface area contributed by atoms with E-state index in [-0.39, 0.29) is 6.04 Å². The highest BCUT2D eigenvalue weighted by Crippen LogP contribution is 2.18. The van der Waals surface area contributed by atoms with Crippen LogP contribution in [0, 0.1) is 13.8 Å². The number of nitrogens with one attached hydrogen (secondary N) is 1. The Kier molecular flexibility index (Phi) is 4.41. The van der Waals surface area contributed by atoms with Crippen LogP contribution in [0.2, 0.25) is 0 Å². The SMILES string of the molecule is Cc1nc(CC(Cc2cccnc2)NN)sc1C. The molecule has 0 saturated carbocycles. The van der Waals surface area contributed by atoms with Crippen LogP contribution in [-0.2, 0) is 12.8 Å². The summed E-state index contributed by atoms with van der Waals surface area (Å²) in [5, 5.41) is 1.14. The first kappa shape index (κ1) is 13.1. The molecule has 0 radical (unpaired) electrons. The van der Waals surface area contributed by atoms with Gasteiger partial charge in [-0.1, -0.05) is 6.07 Å². The molecule has 2 heterocycles. The number of hydrazine groups is 1. The van der Waals surface area contributed by atoms with E-state index in [1.54, 1.807) is 17.5 Å². The van der Waals surface area contributed by atoms with Gasteiger partial charge in [-0.3, -0.25) is 16.3 Å². The molecule has 0 spiro atoms. The van der Waals surface area contributed by atoms with Gasteiger partial charge in [0.15, 0.2) is 0 Å². The number of aromatic nitrogens is 2. The van der Waals surface area contributed by atoms with Crippen molar-refractivity contribution in [1.29, 1.82) is 0 Å². The van der Waals surface area contributed by atoms with E-state index in [1.807, 2.05) is 19.2 Å². The molecule has 2 aromatic rings. The average molecular weight is 262 g/mol. The molecule has 0 fully saturated rings. The maximum Gasteiger partial charge on any atom is 0.0947 e. The second-order valence-corrected chi connectivity index (χ2v) is 5.67. The van der Waals surface area contributed by atoms with Gasteiger partial charge in [-0.05, 0) is 31.9 Å². The predicted molar refractivity (Wildman–Crippen MR) is 74.3 cm³/mol. The number of thiazole rings is 1. The molecule has 0 amide bonds. The first-order valence-electron chi connectivity index (χ1n) is 5.97. The van der Waals surface area contributed by atoms with E-state index in [4.69, 9.17) is 5.84 Å². The molecule has 0 aromatic carbocycles. The second-order valence-electron chi connectivity index (χ2n) is 4.38. The lowest BCUT2D eigenvalue weighted by Crippen LogP contribution is -2.38. The summed E-state index contributed by atoms with van der Waals surface area (Å²) >= 11 is 1.75. The van der Waals surface area contributed by atoms with E-state index < -0.39 is 0 Å². The van der Waals surface area contributed by atoms with E-state index >= 15 is 0 Å². The van der Waals surface area contributed by atoms with Gasteiger partial charge in [0.25, 0.3) is 0 Å². The number of hydrogen-bond donors (Lipinski definition) is 2. The fourth-order valence-electron chi connectivity index (χ4n) is 1.83. The molecule has 0 bridgehead atoms. The second kappa shape index (κ2) is 6.04. The van der Waals surface area contributed by atoms with E-state index in [9.17, 15) is 0 Å². The van der Waals surface area contributed by atoms with Crippen molar-refractivity contribution in [2.75, 3.05) is 0 Å². The molecule has 5 heteroatoms. The minimum atomic E-state index is 0.194. The Bertz CT molecular complexity index is 475. The summed E-state index contributed by atoms with van der Waals surface area (Å²) in [7, 11) is 0. The maximum atomic E-state index is 5.62. The fraction of sp³-hybridized carbons (Fsp3) is 0.385. The third kappa shape index (κ3) is 3.35. The van der Waals surface area contributed by atoms with Gasteiger partial charge in [-0.15, -0.1) is 11.3 Å². The number of nitrogens with two attached hydrogens (primary N) is 1. The Hall–Kier alpha value is -1.30. The van der Waals surface area contributed by atoms with Crippen molar-refractivity contribution < 1.29 is 0 Å². The Morgan fingerprint density at radius 3 is 2.78 bits per heavy atom. The molecule has 4 nitrogen and oxygen atoms in total. The van der Waals surface area contributed by atoms with Crippen molar-refractivity contribution in [3.8, 4) is 0 Å². The first-order valence-corrected chi connectivity index (χ1v) is 6.78. The van der Waals surface area contributed by atoms with Gasteiger partial charge in [-0.2, -0.15) is 0 Å². The van der Waals surface area contributed by atoms with Gasteiger partial charge in [0.05, 0.1) is 10.7 Å². The molecule has 2 rings (SSSR count). The minimum Gasteiger partial charge on any atom is -0.271 e. The van der Waals surface area contributed by atoms with Crippen molar-refractivity contribution >= 4 is 11.3 Å². The van der Waals surface area contributed by atoms with Gasteiger partial charge in [0, 0.05) is 29.7 Å². The normalized spacial score (nSPS) is 12.6. The number of rotatable bonds is 5. The van der Waals surface area contributed by atoms with Gasteiger partial charge >= 0.3 is 0 Å². The number of hydrogen-bond acceptors (Lipinski definition) is 5. The first-order chi connectivity index (χ1) is 8.69. The predicted octanol–water partition coefficient (Wildman–Crippen LogP) is 1.77. The lowest BCUT2D eigenvalue weighted by atomic mass is 10.1. The zero-order valence-electron chi connectivity index (χ0n) is 10.7. The van der Waals surface area contributed by atoms with Crippen molar-refractivity contribution in [3.63, 3.8) is 0 Å². The summed E-state index contributed by atoms with van der Waals surface area (Å²) < 4.78 is 0. The molecule has 0 saturated heterocycles. The number of aryl methyl sites for hydroxylation is 2. The van der Waals surface area contributed by atoms with E-state index in [2.05, 4.69) is 28.4 Å². The van der Waals surface area contributed by atoms with E-state index in [1.165, 1.54) is 10.4 Å². The van der Waals surface area contributed by atoms with Crippen molar-refractivity contribution in [2.45, 2.75) is 32.7 Å². The molecule has 18 heavy (non-hydrogen) atoms. The summed E-state index contributed by atoms with van der Waals surface area (Å²) in [5.41, 5.74) is 5.17. The van der Waals surface area contributed by atoms with Crippen molar-refractivity contribution in [3.05, 3.63) is 45.7 Å². The monoisotopic (exact) mass is 262 g/mol. The van der Waals surface area contributed by atoms with Crippen LogP contribution in [0.5, 0.6) is 0 Å². The lowest BCUT2D eigenvalue weighted by molar-refractivity contribution is 0.520. The molecule has 2 aromatic heterocycles. The van der Waals surface area contributed by atoms with Crippen LogP contribution in [0.15, 0.2) is 24.5 Å². The summed E-state index contributed by atoms with van der Waals surface area (Å²) in [6.07, 6.45) is 5.37. The average Bonchev–Trinajstić information content (AvgIpc) is 2.69. The van der Waals surface area contributed by atoms with Gasteiger partial charge in [0.2, 0.25) is 0 Å². The van der Waals surface area contributed by atoms with Crippen LogP contribution in [0.3, 0.4) is 0 Å². The number of pyridine rings is 1. The standard InChI is InChI=1S/C13H18N4S/c1-9-10(2)18-13(16-9)7-12(17-14)6-11-4-3-5-15-8-11/h3-5,8,12,17H,6-7,14H2,1-2H3. The summed E-state index contributed by atoms with van der Waals surface area (Å²) in [5.74, 6) is 5.62. The zero-order chi connectivity index (χ0) is 13.0. The Morgan fingerprint density at radius 1 is 1.39 bits per heavy atom. The molecule has 3 N–H and O–H groups in total. The van der Waals surface area contributed by atoms with Crippen LogP contribution in [-0.4, -0.2) is 16.0 Å². The highest BCUT2D eigenvalue weighted by Gasteiger charge is 2.12. The Balaban J connectivity index is 2.01. The zero-order valence-corrected chi connectivity index (χ0v) is 11.5. The van der Waals surface area contributed by atoms with Crippen LogP contribution < -0.4 is 11.3 Å². The molecule has 1 unspecified atom stereocenters. The molecule has 0 aliphatic carbocycles. The van der Waals surface area contributed by atoms with Crippen molar-refractivity contribution in [2.24, 2.45) is 5.84 Å². The largest absolute Gasteiger partial charge is 0.271 e. The van der Waals surface area contributed by atoms with Gasteiger partial charge in [0.1, 0.15) is 0 Å². The fourth-order valence-corrected chi connectivity index (χ4v) is 2.84. The van der Waals surface area contributed by atoms with Crippen LogP contribution in [0.4, 0.5) is 0 Å².